The number of amides is 1. The molecule has 4 aliphatic rings. The molecule has 37 heavy (non-hydrogen) atoms. The van der Waals surface area contributed by atoms with Crippen molar-refractivity contribution in [1.82, 2.24) is 15.2 Å². The van der Waals surface area contributed by atoms with Crippen molar-refractivity contribution in [2.75, 3.05) is 32.0 Å². The summed E-state index contributed by atoms with van der Waals surface area (Å²) in [6, 6.07) is 11.5. The molecule has 0 unspecified atom stereocenters. The Morgan fingerprint density at radius 2 is 1.81 bits per heavy atom. The average Bonchev–Trinajstić information content (AvgIpc) is 3.17. The molecule has 7 heteroatoms. The van der Waals surface area contributed by atoms with E-state index in [1.54, 1.807) is 6.20 Å². The van der Waals surface area contributed by atoms with Crippen LogP contribution in [0.2, 0.25) is 0 Å². The number of carbonyl (C=O) groups is 1. The van der Waals surface area contributed by atoms with Gasteiger partial charge in [0.1, 0.15) is 5.82 Å². The fourth-order valence-electron chi connectivity index (χ4n) is 7.14. The lowest BCUT2D eigenvalue weighted by Gasteiger charge is -2.45. The second kappa shape index (κ2) is 9.68. The van der Waals surface area contributed by atoms with Crippen molar-refractivity contribution >= 4 is 11.7 Å². The third-order valence-corrected chi connectivity index (χ3v) is 9.72. The molecule has 2 aliphatic carbocycles. The number of fused-ring (bicyclic) bond motifs is 1. The monoisotopic (exact) mass is 504 g/mol. The first-order valence-corrected chi connectivity index (χ1v) is 14.0. The molecule has 0 spiro atoms. The first-order valence-electron chi connectivity index (χ1n) is 14.0. The molecular weight excluding hydrogens is 464 g/mol. The van der Waals surface area contributed by atoms with E-state index in [1.165, 1.54) is 24.9 Å². The molecule has 0 radical (unpaired) electrons. The van der Waals surface area contributed by atoms with E-state index in [1.807, 2.05) is 13.0 Å². The molecule has 4 N–H and O–H groups in total. The number of nitrogens with one attached hydrogen (secondary N) is 1. The van der Waals surface area contributed by atoms with Gasteiger partial charge in [0.25, 0.3) is 5.91 Å². The van der Waals surface area contributed by atoms with Crippen LogP contribution in [0.15, 0.2) is 36.5 Å². The highest BCUT2D eigenvalue weighted by atomic mass is 16.5. The van der Waals surface area contributed by atoms with Gasteiger partial charge < -0.3 is 20.9 Å². The van der Waals surface area contributed by atoms with E-state index in [0.29, 0.717) is 24.4 Å². The van der Waals surface area contributed by atoms with Gasteiger partial charge in [-0.1, -0.05) is 24.3 Å². The Morgan fingerprint density at radius 1 is 1.08 bits per heavy atom. The fourth-order valence-corrected chi connectivity index (χ4v) is 7.14. The Kier molecular flexibility index (Phi) is 6.50. The van der Waals surface area contributed by atoms with Crippen molar-refractivity contribution in [1.29, 1.82) is 0 Å². The molecule has 2 atom stereocenters. The normalized spacial score (nSPS) is 32.5. The summed E-state index contributed by atoms with van der Waals surface area (Å²) >= 11 is 0. The summed E-state index contributed by atoms with van der Waals surface area (Å²) in [4.78, 5) is 20.1. The predicted molar refractivity (Wildman–Crippen MR) is 144 cm³/mol. The van der Waals surface area contributed by atoms with Crippen LogP contribution in [0, 0.1) is 5.92 Å². The van der Waals surface area contributed by atoms with E-state index < -0.39 is 5.60 Å². The number of hydrogen-bond donors (Lipinski definition) is 3. The van der Waals surface area contributed by atoms with Gasteiger partial charge in [0.2, 0.25) is 0 Å². The van der Waals surface area contributed by atoms with Gasteiger partial charge >= 0.3 is 0 Å². The Balaban J connectivity index is 1.16. The quantitative estimate of drug-likeness (QED) is 0.571. The lowest BCUT2D eigenvalue weighted by Crippen LogP contribution is -2.44. The van der Waals surface area contributed by atoms with Crippen LogP contribution in [0.1, 0.15) is 74.2 Å². The maximum atomic E-state index is 13.0. The van der Waals surface area contributed by atoms with Crippen LogP contribution < -0.4 is 11.1 Å². The molecule has 7 nitrogen and oxygen atoms in total. The summed E-state index contributed by atoms with van der Waals surface area (Å²) in [5, 5.41) is 13.3. The highest BCUT2D eigenvalue weighted by Gasteiger charge is 2.54. The molecule has 1 aromatic carbocycles. The SMILES string of the molecule is C[C@]1(O)CC[C@H](NC(=O)c2cc(-c3ccc([C@@]45CC[C@@H]4CN(C4CCOCC4)C5)cc3)cnc2N)CC1. The molecule has 2 saturated carbocycles. The van der Waals surface area contributed by atoms with Crippen molar-refractivity contribution in [3.05, 3.63) is 47.7 Å². The summed E-state index contributed by atoms with van der Waals surface area (Å²) in [5.74, 6) is 0.805. The Labute approximate surface area is 219 Å². The minimum Gasteiger partial charge on any atom is -0.390 e. The maximum absolute atomic E-state index is 13.0. The summed E-state index contributed by atoms with van der Waals surface area (Å²) in [6.07, 6.45) is 9.56. The molecule has 4 fully saturated rings. The summed E-state index contributed by atoms with van der Waals surface area (Å²) in [5.41, 5.74) is 9.57. The maximum Gasteiger partial charge on any atom is 0.255 e. The lowest BCUT2D eigenvalue weighted by molar-refractivity contribution is 0.0140. The van der Waals surface area contributed by atoms with Crippen molar-refractivity contribution < 1.29 is 14.6 Å². The van der Waals surface area contributed by atoms with Crippen LogP contribution in [0.3, 0.4) is 0 Å². The second-order valence-electron chi connectivity index (χ2n) is 12.1. The number of likely N-dealkylation sites (tertiary alicyclic amines) is 1. The minimum absolute atomic E-state index is 0.0526. The van der Waals surface area contributed by atoms with Gasteiger partial charge in [0.15, 0.2) is 0 Å². The molecule has 2 saturated heterocycles. The Hall–Kier alpha value is -2.48. The van der Waals surface area contributed by atoms with Crippen LogP contribution in [0.5, 0.6) is 0 Å². The zero-order valence-corrected chi connectivity index (χ0v) is 21.9. The largest absolute Gasteiger partial charge is 0.390 e. The second-order valence-corrected chi connectivity index (χ2v) is 12.1. The standard InChI is InChI=1S/C30H40N4O3/c1-29(36)11-7-24(8-12-29)33-28(35)26-16-21(17-32-27(26)31)20-2-4-22(5-3-20)30-13-6-23(30)18-34(19-30)25-9-14-37-15-10-25/h2-5,16-17,23-25,36H,6-15,18-19H2,1H3,(H2,31,32)(H,33,35)/t23-,24-,29-,30+/m1/s1. The Bertz CT molecular complexity index is 1130. The highest BCUT2D eigenvalue weighted by Crippen LogP contribution is 2.54. The summed E-state index contributed by atoms with van der Waals surface area (Å²) in [7, 11) is 0. The molecule has 2 aliphatic heterocycles. The van der Waals surface area contributed by atoms with Crippen LogP contribution >= 0.6 is 0 Å². The molecule has 1 amide bonds. The van der Waals surface area contributed by atoms with E-state index in [9.17, 15) is 9.90 Å². The number of nitrogens with zero attached hydrogens (tertiary/aromatic N) is 2. The van der Waals surface area contributed by atoms with Crippen LogP contribution in [0.4, 0.5) is 5.82 Å². The van der Waals surface area contributed by atoms with E-state index >= 15 is 0 Å². The van der Waals surface area contributed by atoms with Gasteiger partial charge in [-0.15, -0.1) is 0 Å². The van der Waals surface area contributed by atoms with E-state index in [4.69, 9.17) is 10.5 Å². The highest BCUT2D eigenvalue weighted by molar-refractivity contribution is 5.99. The summed E-state index contributed by atoms with van der Waals surface area (Å²) in [6.45, 7) is 6.02. The molecule has 3 heterocycles. The number of aromatic nitrogens is 1. The third kappa shape index (κ3) is 4.77. The Morgan fingerprint density at radius 3 is 2.49 bits per heavy atom. The summed E-state index contributed by atoms with van der Waals surface area (Å²) < 4.78 is 5.60. The first-order chi connectivity index (χ1) is 17.8. The van der Waals surface area contributed by atoms with Gasteiger partial charge in [-0.3, -0.25) is 9.69 Å². The van der Waals surface area contributed by atoms with Gasteiger partial charge in [-0.2, -0.15) is 0 Å². The minimum atomic E-state index is -0.630. The number of pyridine rings is 1. The number of carbonyl (C=O) groups excluding carboxylic acids is 1. The average molecular weight is 505 g/mol. The molecule has 1 aromatic heterocycles. The number of nitrogen functional groups attached to an aromatic ring is 1. The third-order valence-electron chi connectivity index (χ3n) is 9.72. The first kappa shape index (κ1) is 24.8. The van der Waals surface area contributed by atoms with Gasteiger partial charge in [0.05, 0.1) is 11.2 Å². The van der Waals surface area contributed by atoms with Gasteiger partial charge in [0, 0.05) is 55.6 Å². The molecule has 6 rings (SSSR count). The zero-order chi connectivity index (χ0) is 25.6. The molecule has 198 valence electrons. The van der Waals surface area contributed by atoms with Crippen LogP contribution in [-0.2, 0) is 10.2 Å². The number of ether oxygens (including phenoxy) is 1. The molecular formula is C30H40N4O3. The topological polar surface area (TPSA) is 101 Å². The lowest BCUT2D eigenvalue weighted by atomic mass is 9.58. The van der Waals surface area contributed by atoms with Crippen LogP contribution in [0.25, 0.3) is 11.1 Å². The fraction of sp³-hybridized carbons (Fsp3) is 0.600. The van der Waals surface area contributed by atoms with Crippen molar-refractivity contribution in [3.63, 3.8) is 0 Å². The number of rotatable bonds is 5. The smallest absolute Gasteiger partial charge is 0.255 e. The molecule has 2 aromatic rings. The van der Waals surface area contributed by atoms with Crippen molar-refractivity contribution in [3.8, 4) is 11.1 Å². The van der Waals surface area contributed by atoms with E-state index in [0.717, 1.165) is 62.5 Å². The van der Waals surface area contributed by atoms with Crippen molar-refractivity contribution in [2.45, 2.75) is 81.4 Å². The zero-order valence-electron chi connectivity index (χ0n) is 21.9. The number of hydrogen-bond acceptors (Lipinski definition) is 6. The van der Waals surface area contributed by atoms with E-state index in [-0.39, 0.29) is 23.2 Å². The van der Waals surface area contributed by atoms with Gasteiger partial charge in [-0.25, -0.2) is 4.98 Å². The predicted octanol–water partition coefficient (Wildman–Crippen LogP) is 3.90. The number of aliphatic hydroxyl groups is 1. The number of nitrogens with two attached hydrogens (primary N) is 1. The number of anilines is 1. The van der Waals surface area contributed by atoms with Crippen molar-refractivity contribution in [2.24, 2.45) is 5.92 Å². The van der Waals surface area contributed by atoms with E-state index in [2.05, 4.69) is 39.5 Å². The molecule has 0 bridgehead atoms. The van der Waals surface area contributed by atoms with Crippen LogP contribution in [-0.4, -0.2) is 64.9 Å². The van der Waals surface area contributed by atoms with Gasteiger partial charge in [-0.05, 0) is 81.4 Å². The number of benzene rings is 1.